The second-order valence-corrected chi connectivity index (χ2v) is 6.04. The minimum absolute atomic E-state index is 0.0168. The molecule has 0 fully saturated rings. The zero-order valence-corrected chi connectivity index (χ0v) is 14.8. The number of hydrogen-bond acceptors (Lipinski definition) is 7. The van der Waals surface area contributed by atoms with Gasteiger partial charge in [0, 0.05) is 11.9 Å². The van der Waals surface area contributed by atoms with E-state index >= 15 is 0 Å². The van der Waals surface area contributed by atoms with Crippen LogP contribution in [0.3, 0.4) is 0 Å². The third kappa shape index (κ3) is 5.16. The summed E-state index contributed by atoms with van der Waals surface area (Å²) in [5, 5.41) is 5.40. The van der Waals surface area contributed by atoms with E-state index in [1.807, 2.05) is 0 Å². The number of anilines is 3. The number of carbonyl (C=O) groups excluding carboxylic acids is 2. The van der Waals surface area contributed by atoms with Crippen LogP contribution in [-0.4, -0.2) is 34.7 Å². The fourth-order valence-corrected chi connectivity index (χ4v) is 2.24. The molecular formula is C17H19F3N6O2. The molecule has 0 bridgehead atoms. The Kier molecular flexibility index (Phi) is 6.52. The lowest BCUT2D eigenvalue weighted by Crippen LogP contribution is -2.34. The van der Waals surface area contributed by atoms with Crippen molar-refractivity contribution < 1.29 is 22.8 Å². The van der Waals surface area contributed by atoms with Crippen LogP contribution in [0.15, 0.2) is 30.5 Å². The van der Waals surface area contributed by atoms with Crippen molar-refractivity contribution in [2.75, 3.05) is 17.2 Å². The van der Waals surface area contributed by atoms with Gasteiger partial charge in [0.05, 0.1) is 11.6 Å². The lowest BCUT2D eigenvalue weighted by molar-refractivity contribution is -0.137. The monoisotopic (exact) mass is 396 g/mol. The number of halogens is 3. The number of nitrogens with two attached hydrogens (primary N) is 2. The molecule has 8 nitrogen and oxygen atoms in total. The molecule has 1 aromatic carbocycles. The smallest absolute Gasteiger partial charge is 0.365 e. The standard InChI is InChI=1S/C17H19F3N6O2/c1-9(6-21)13(8-27)25-16-23-7-12(14(22)28)15(26-16)24-11-4-2-3-10(5-11)17(18,19)20/h2-5,7-9,13H,6,21H2,1H3,(H2,22,28)(H2,23,24,25,26). The quantitative estimate of drug-likeness (QED) is 0.500. The maximum Gasteiger partial charge on any atom is 0.416 e. The Labute approximate surface area is 158 Å². The van der Waals surface area contributed by atoms with Gasteiger partial charge in [-0.3, -0.25) is 4.79 Å². The summed E-state index contributed by atoms with van der Waals surface area (Å²) < 4.78 is 38.7. The lowest BCUT2D eigenvalue weighted by Gasteiger charge is -2.19. The zero-order chi connectivity index (χ0) is 20.9. The summed E-state index contributed by atoms with van der Waals surface area (Å²) in [6.45, 7) is 1.97. The number of amides is 1. The highest BCUT2D eigenvalue weighted by molar-refractivity contribution is 5.98. The van der Waals surface area contributed by atoms with E-state index < -0.39 is 23.7 Å². The molecule has 0 spiro atoms. The van der Waals surface area contributed by atoms with E-state index in [-0.39, 0.29) is 35.5 Å². The number of alkyl halides is 3. The lowest BCUT2D eigenvalue weighted by atomic mass is 10.0. The Morgan fingerprint density at radius 2 is 2.07 bits per heavy atom. The molecule has 2 rings (SSSR count). The van der Waals surface area contributed by atoms with Crippen molar-refractivity contribution in [3.63, 3.8) is 0 Å². The summed E-state index contributed by atoms with van der Waals surface area (Å²) in [7, 11) is 0. The molecule has 2 unspecified atom stereocenters. The molecule has 0 saturated carbocycles. The zero-order valence-electron chi connectivity index (χ0n) is 14.8. The highest BCUT2D eigenvalue weighted by Gasteiger charge is 2.30. The van der Waals surface area contributed by atoms with Crippen molar-refractivity contribution >= 4 is 29.6 Å². The molecular weight excluding hydrogens is 377 g/mol. The van der Waals surface area contributed by atoms with Gasteiger partial charge in [-0.15, -0.1) is 0 Å². The Morgan fingerprint density at radius 1 is 1.36 bits per heavy atom. The van der Waals surface area contributed by atoms with Crippen LogP contribution in [0.2, 0.25) is 0 Å². The summed E-state index contributed by atoms with van der Waals surface area (Å²) in [6.07, 6.45) is -2.77. The van der Waals surface area contributed by atoms with Crippen molar-refractivity contribution in [2.45, 2.75) is 19.1 Å². The fourth-order valence-electron chi connectivity index (χ4n) is 2.24. The molecule has 0 radical (unpaired) electrons. The third-order valence-electron chi connectivity index (χ3n) is 3.93. The highest BCUT2D eigenvalue weighted by atomic mass is 19.4. The average Bonchev–Trinajstić information content (AvgIpc) is 2.65. The van der Waals surface area contributed by atoms with Crippen molar-refractivity contribution in [3.8, 4) is 0 Å². The van der Waals surface area contributed by atoms with E-state index in [9.17, 15) is 22.8 Å². The summed E-state index contributed by atoms with van der Waals surface area (Å²) >= 11 is 0. The molecule has 6 N–H and O–H groups in total. The number of carbonyl (C=O) groups is 2. The number of aromatic nitrogens is 2. The minimum atomic E-state index is -4.53. The number of nitrogens with zero attached hydrogens (tertiary/aromatic N) is 2. The van der Waals surface area contributed by atoms with Gasteiger partial charge in [0.1, 0.15) is 17.7 Å². The highest BCUT2D eigenvalue weighted by Crippen LogP contribution is 2.31. The maximum absolute atomic E-state index is 12.9. The molecule has 0 aliphatic carbocycles. The molecule has 2 atom stereocenters. The van der Waals surface area contributed by atoms with Crippen molar-refractivity contribution in [1.29, 1.82) is 0 Å². The van der Waals surface area contributed by atoms with Gasteiger partial charge in [-0.2, -0.15) is 18.2 Å². The van der Waals surface area contributed by atoms with Gasteiger partial charge in [-0.25, -0.2) is 4.98 Å². The summed E-state index contributed by atoms with van der Waals surface area (Å²) in [4.78, 5) is 30.8. The summed E-state index contributed by atoms with van der Waals surface area (Å²) in [5.74, 6) is -1.22. The van der Waals surface area contributed by atoms with Crippen LogP contribution in [0, 0.1) is 5.92 Å². The number of nitrogens with one attached hydrogen (secondary N) is 2. The Morgan fingerprint density at radius 3 is 2.64 bits per heavy atom. The van der Waals surface area contributed by atoms with Gasteiger partial charge < -0.3 is 26.9 Å². The molecule has 0 aliphatic rings. The summed E-state index contributed by atoms with van der Waals surface area (Å²) in [5.41, 5.74) is 9.87. The number of hydrogen-bond donors (Lipinski definition) is 4. The normalized spacial score (nSPS) is 13.5. The third-order valence-corrected chi connectivity index (χ3v) is 3.93. The van der Waals surface area contributed by atoms with Crippen molar-refractivity contribution in [3.05, 3.63) is 41.6 Å². The van der Waals surface area contributed by atoms with Crippen LogP contribution in [0.1, 0.15) is 22.8 Å². The molecule has 2 aromatic rings. The Balaban J connectivity index is 2.36. The average molecular weight is 396 g/mol. The molecule has 1 aromatic heterocycles. The van der Waals surface area contributed by atoms with Crippen LogP contribution in [-0.2, 0) is 11.0 Å². The maximum atomic E-state index is 12.9. The molecule has 28 heavy (non-hydrogen) atoms. The molecule has 11 heteroatoms. The van der Waals surface area contributed by atoms with Gasteiger partial charge in [-0.05, 0) is 30.7 Å². The van der Waals surface area contributed by atoms with Crippen LogP contribution in [0.4, 0.5) is 30.6 Å². The Bertz CT molecular complexity index is 859. The number of aldehydes is 1. The van der Waals surface area contributed by atoms with Crippen LogP contribution >= 0.6 is 0 Å². The van der Waals surface area contributed by atoms with E-state index in [0.29, 0.717) is 6.29 Å². The summed E-state index contributed by atoms with van der Waals surface area (Å²) in [6, 6.07) is 3.67. The Hall–Kier alpha value is -3.21. The van der Waals surface area contributed by atoms with Gasteiger partial charge in [0.25, 0.3) is 5.91 Å². The van der Waals surface area contributed by atoms with Crippen LogP contribution in [0.25, 0.3) is 0 Å². The number of rotatable bonds is 8. The number of primary amides is 1. The first-order valence-corrected chi connectivity index (χ1v) is 8.18. The SMILES string of the molecule is CC(CN)C(C=O)Nc1ncc(C(N)=O)c(Nc2cccc(C(F)(F)F)c2)n1. The minimum Gasteiger partial charge on any atom is -0.365 e. The van der Waals surface area contributed by atoms with Crippen molar-refractivity contribution in [2.24, 2.45) is 17.4 Å². The molecule has 1 heterocycles. The van der Waals surface area contributed by atoms with Gasteiger partial charge >= 0.3 is 6.18 Å². The predicted octanol–water partition coefficient (Wildman–Crippen LogP) is 1.91. The number of benzene rings is 1. The largest absolute Gasteiger partial charge is 0.416 e. The molecule has 150 valence electrons. The first-order chi connectivity index (χ1) is 13.2. The topological polar surface area (TPSA) is 136 Å². The van der Waals surface area contributed by atoms with Crippen molar-refractivity contribution in [1.82, 2.24) is 9.97 Å². The van der Waals surface area contributed by atoms with Crippen LogP contribution in [0.5, 0.6) is 0 Å². The molecule has 1 amide bonds. The van der Waals surface area contributed by atoms with Gasteiger partial charge in [0.15, 0.2) is 0 Å². The first-order valence-electron chi connectivity index (χ1n) is 8.18. The molecule has 0 aliphatic heterocycles. The van der Waals surface area contributed by atoms with E-state index in [2.05, 4.69) is 20.6 Å². The van der Waals surface area contributed by atoms with Gasteiger partial charge in [0.2, 0.25) is 5.95 Å². The second-order valence-electron chi connectivity index (χ2n) is 6.04. The second kappa shape index (κ2) is 8.65. The molecule has 0 saturated heterocycles. The van der Waals surface area contributed by atoms with Crippen LogP contribution < -0.4 is 22.1 Å². The van der Waals surface area contributed by atoms with Gasteiger partial charge in [-0.1, -0.05) is 13.0 Å². The van der Waals surface area contributed by atoms with E-state index in [1.54, 1.807) is 6.92 Å². The predicted molar refractivity (Wildman–Crippen MR) is 97.0 cm³/mol. The van der Waals surface area contributed by atoms with E-state index in [1.165, 1.54) is 12.1 Å². The first kappa shape index (κ1) is 21.1. The fraction of sp³-hybridized carbons (Fsp3) is 0.294. The van der Waals surface area contributed by atoms with E-state index in [4.69, 9.17) is 11.5 Å². The van der Waals surface area contributed by atoms with E-state index in [0.717, 1.165) is 18.3 Å².